The number of carbonyl (C=O) groups excluding carboxylic acids is 1. The third kappa shape index (κ3) is 3.17. The lowest BCUT2D eigenvalue weighted by Crippen LogP contribution is -2.42. The zero-order valence-corrected chi connectivity index (χ0v) is 11.2. The molecular formula is C13H15ClN2O3. The summed E-state index contributed by atoms with van der Waals surface area (Å²) in [4.78, 5) is 24.6. The highest BCUT2D eigenvalue weighted by Crippen LogP contribution is 2.24. The van der Waals surface area contributed by atoms with Crippen LogP contribution >= 0.6 is 11.6 Å². The number of carbonyl (C=O) groups is 2. The maximum atomic E-state index is 12.1. The number of urea groups is 1. The SMILES string of the molecule is C[C@H]1C[C@@H](C(=O)O)N(C(=O)Nc2ccc(Cl)cc2)C1. The van der Waals surface area contributed by atoms with Crippen LogP contribution in [0.3, 0.4) is 0 Å². The van der Waals surface area contributed by atoms with Crippen LogP contribution in [0.5, 0.6) is 0 Å². The van der Waals surface area contributed by atoms with Gasteiger partial charge < -0.3 is 15.3 Å². The van der Waals surface area contributed by atoms with Crippen molar-refractivity contribution in [2.45, 2.75) is 19.4 Å². The molecular weight excluding hydrogens is 268 g/mol. The average molecular weight is 283 g/mol. The Bertz CT molecular complexity index is 489. The molecule has 6 heteroatoms. The lowest BCUT2D eigenvalue weighted by atomic mass is 10.1. The van der Waals surface area contributed by atoms with E-state index in [-0.39, 0.29) is 11.9 Å². The Morgan fingerprint density at radius 3 is 2.58 bits per heavy atom. The van der Waals surface area contributed by atoms with E-state index in [1.165, 1.54) is 4.90 Å². The molecule has 0 saturated carbocycles. The molecule has 1 aliphatic rings. The van der Waals surface area contributed by atoms with E-state index in [0.717, 1.165) is 0 Å². The van der Waals surface area contributed by atoms with Crippen LogP contribution in [0.2, 0.25) is 5.02 Å². The molecule has 2 rings (SSSR count). The lowest BCUT2D eigenvalue weighted by Gasteiger charge is -2.21. The number of likely N-dealkylation sites (tertiary alicyclic amines) is 1. The van der Waals surface area contributed by atoms with Crippen LogP contribution in [-0.2, 0) is 4.79 Å². The van der Waals surface area contributed by atoms with Gasteiger partial charge in [0, 0.05) is 17.3 Å². The highest BCUT2D eigenvalue weighted by Gasteiger charge is 2.37. The highest BCUT2D eigenvalue weighted by molar-refractivity contribution is 6.30. The van der Waals surface area contributed by atoms with E-state index in [2.05, 4.69) is 5.32 Å². The number of aliphatic carboxylic acids is 1. The number of nitrogens with zero attached hydrogens (tertiary/aromatic N) is 1. The summed E-state index contributed by atoms with van der Waals surface area (Å²) >= 11 is 5.76. The Morgan fingerprint density at radius 2 is 2.00 bits per heavy atom. The van der Waals surface area contributed by atoms with Gasteiger partial charge in [-0.05, 0) is 36.6 Å². The number of anilines is 1. The number of carboxylic acid groups (broad SMARTS) is 1. The van der Waals surface area contributed by atoms with Crippen molar-refractivity contribution in [1.29, 1.82) is 0 Å². The van der Waals surface area contributed by atoms with E-state index in [1.807, 2.05) is 6.92 Å². The standard InChI is InChI=1S/C13H15ClN2O3/c1-8-6-11(12(17)18)16(7-8)13(19)15-10-4-2-9(14)3-5-10/h2-5,8,11H,6-7H2,1H3,(H,15,19)(H,17,18)/t8-,11-/m0/s1. The summed E-state index contributed by atoms with van der Waals surface area (Å²) in [7, 11) is 0. The maximum Gasteiger partial charge on any atom is 0.326 e. The van der Waals surface area contributed by atoms with Crippen LogP contribution in [0.4, 0.5) is 10.5 Å². The summed E-state index contributed by atoms with van der Waals surface area (Å²) in [6.45, 7) is 2.39. The second kappa shape index (κ2) is 5.48. The van der Waals surface area contributed by atoms with Crippen LogP contribution in [-0.4, -0.2) is 34.6 Å². The second-order valence-electron chi connectivity index (χ2n) is 4.78. The van der Waals surface area contributed by atoms with Gasteiger partial charge in [-0.3, -0.25) is 0 Å². The first-order chi connectivity index (χ1) is 8.97. The summed E-state index contributed by atoms with van der Waals surface area (Å²) in [5, 5.41) is 12.4. The van der Waals surface area contributed by atoms with E-state index in [1.54, 1.807) is 24.3 Å². The van der Waals surface area contributed by atoms with Gasteiger partial charge in [-0.2, -0.15) is 0 Å². The first-order valence-corrected chi connectivity index (χ1v) is 6.41. The summed E-state index contributed by atoms with van der Waals surface area (Å²) in [5.74, 6) is -0.771. The Kier molecular flexibility index (Phi) is 3.95. The van der Waals surface area contributed by atoms with Gasteiger partial charge in [0.15, 0.2) is 0 Å². The molecule has 0 unspecified atom stereocenters. The van der Waals surface area contributed by atoms with Crippen molar-refractivity contribution in [2.75, 3.05) is 11.9 Å². The molecule has 0 spiro atoms. The van der Waals surface area contributed by atoms with Gasteiger partial charge in [-0.25, -0.2) is 9.59 Å². The Hall–Kier alpha value is -1.75. The van der Waals surface area contributed by atoms with E-state index in [9.17, 15) is 9.59 Å². The normalized spacial score (nSPS) is 22.3. The molecule has 0 bridgehead atoms. The van der Waals surface area contributed by atoms with Gasteiger partial charge in [0.05, 0.1) is 0 Å². The largest absolute Gasteiger partial charge is 0.480 e. The fourth-order valence-corrected chi connectivity index (χ4v) is 2.36. The average Bonchev–Trinajstić information content (AvgIpc) is 2.74. The molecule has 2 amide bonds. The van der Waals surface area contributed by atoms with Gasteiger partial charge in [0.2, 0.25) is 0 Å². The van der Waals surface area contributed by atoms with Crippen molar-refractivity contribution in [3.8, 4) is 0 Å². The van der Waals surface area contributed by atoms with Crippen molar-refractivity contribution in [3.63, 3.8) is 0 Å². The zero-order chi connectivity index (χ0) is 14.0. The molecule has 19 heavy (non-hydrogen) atoms. The minimum atomic E-state index is -0.962. The minimum Gasteiger partial charge on any atom is -0.480 e. The zero-order valence-electron chi connectivity index (χ0n) is 10.5. The fraction of sp³-hybridized carbons (Fsp3) is 0.385. The molecule has 0 radical (unpaired) electrons. The Balaban J connectivity index is 2.06. The van der Waals surface area contributed by atoms with E-state index in [4.69, 9.17) is 16.7 Å². The van der Waals surface area contributed by atoms with Crippen LogP contribution < -0.4 is 5.32 Å². The topological polar surface area (TPSA) is 69.6 Å². The van der Waals surface area contributed by atoms with Gasteiger partial charge in [0.1, 0.15) is 6.04 Å². The van der Waals surface area contributed by atoms with E-state index in [0.29, 0.717) is 23.7 Å². The van der Waals surface area contributed by atoms with Gasteiger partial charge in [-0.1, -0.05) is 18.5 Å². The molecule has 1 fully saturated rings. The number of rotatable bonds is 2. The molecule has 5 nitrogen and oxygen atoms in total. The highest BCUT2D eigenvalue weighted by atomic mass is 35.5. The molecule has 2 atom stereocenters. The second-order valence-corrected chi connectivity index (χ2v) is 5.22. The van der Waals surface area contributed by atoms with E-state index < -0.39 is 12.0 Å². The molecule has 1 saturated heterocycles. The Labute approximate surface area is 116 Å². The molecule has 102 valence electrons. The third-order valence-corrected chi connectivity index (χ3v) is 3.40. The number of nitrogens with one attached hydrogen (secondary N) is 1. The number of benzene rings is 1. The minimum absolute atomic E-state index is 0.192. The van der Waals surface area contributed by atoms with Crippen LogP contribution in [0.15, 0.2) is 24.3 Å². The summed E-state index contributed by atoms with van der Waals surface area (Å²) in [6.07, 6.45) is 0.489. The number of hydrogen-bond donors (Lipinski definition) is 2. The Morgan fingerprint density at radius 1 is 1.37 bits per heavy atom. The van der Waals surface area contributed by atoms with Crippen LogP contribution in [0.1, 0.15) is 13.3 Å². The van der Waals surface area contributed by atoms with E-state index >= 15 is 0 Å². The number of carboxylic acids is 1. The monoisotopic (exact) mass is 282 g/mol. The van der Waals surface area contributed by atoms with Crippen molar-refractivity contribution < 1.29 is 14.7 Å². The first kappa shape index (κ1) is 13.7. The van der Waals surface area contributed by atoms with Crippen molar-refractivity contribution >= 4 is 29.3 Å². The quantitative estimate of drug-likeness (QED) is 0.876. The fourth-order valence-electron chi connectivity index (χ4n) is 2.23. The molecule has 0 aliphatic carbocycles. The third-order valence-electron chi connectivity index (χ3n) is 3.15. The number of hydrogen-bond acceptors (Lipinski definition) is 2. The molecule has 1 heterocycles. The van der Waals surface area contributed by atoms with Crippen LogP contribution in [0.25, 0.3) is 0 Å². The smallest absolute Gasteiger partial charge is 0.326 e. The molecule has 1 aliphatic heterocycles. The summed E-state index contributed by atoms with van der Waals surface area (Å²) < 4.78 is 0. The molecule has 1 aromatic rings. The molecule has 1 aromatic carbocycles. The van der Waals surface area contributed by atoms with Gasteiger partial charge in [0.25, 0.3) is 0 Å². The van der Waals surface area contributed by atoms with Crippen LogP contribution in [0, 0.1) is 5.92 Å². The number of amides is 2. The molecule has 0 aromatic heterocycles. The molecule has 2 N–H and O–H groups in total. The van der Waals surface area contributed by atoms with Crippen molar-refractivity contribution in [1.82, 2.24) is 4.90 Å². The maximum absolute atomic E-state index is 12.1. The van der Waals surface area contributed by atoms with Gasteiger partial charge in [-0.15, -0.1) is 0 Å². The van der Waals surface area contributed by atoms with Gasteiger partial charge >= 0.3 is 12.0 Å². The first-order valence-electron chi connectivity index (χ1n) is 6.03. The number of halogens is 1. The summed E-state index contributed by atoms with van der Waals surface area (Å²) in [6, 6.07) is 5.54. The van der Waals surface area contributed by atoms with Crippen molar-refractivity contribution in [3.05, 3.63) is 29.3 Å². The van der Waals surface area contributed by atoms with Crippen molar-refractivity contribution in [2.24, 2.45) is 5.92 Å². The lowest BCUT2D eigenvalue weighted by molar-refractivity contribution is -0.141. The predicted molar refractivity (Wildman–Crippen MR) is 72.4 cm³/mol. The predicted octanol–water partition coefficient (Wildman–Crippen LogP) is 2.67. The summed E-state index contributed by atoms with van der Waals surface area (Å²) in [5.41, 5.74) is 0.595.